The fraction of sp³-hybridized carbons (Fsp3) is 0.278. The van der Waals surface area contributed by atoms with Gasteiger partial charge in [0, 0.05) is 23.1 Å². The number of rotatable bonds is 4. The Hall–Kier alpha value is -1.81. The fourth-order valence-corrected chi connectivity index (χ4v) is 4.78. The van der Waals surface area contributed by atoms with Crippen molar-refractivity contribution in [1.82, 2.24) is 4.31 Å². The summed E-state index contributed by atoms with van der Waals surface area (Å²) in [6, 6.07) is 8.72. The third-order valence-electron chi connectivity index (χ3n) is 4.15. The third kappa shape index (κ3) is 4.37. The van der Waals surface area contributed by atoms with Crippen molar-refractivity contribution in [3.63, 3.8) is 0 Å². The number of hydrogen-bond donors (Lipinski definition) is 1. The maximum Gasteiger partial charge on any atom is 0.255 e. The molecular formula is C18H18BrFN2O4S. The summed E-state index contributed by atoms with van der Waals surface area (Å²) in [6.07, 6.45) is 0. The van der Waals surface area contributed by atoms with Gasteiger partial charge in [0.25, 0.3) is 5.91 Å². The molecule has 0 aliphatic carbocycles. The zero-order valence-electron chi connectivity index (χ0n) is 14.5. The Morgan fingerprint density at radius 3 is 2.56 bits per heavy atom. The van der Waals surface area contributed by atoms with E-state index in [1.807, 2.05) is 19.1 Å². The van der Waals surface area contributed by atoms with Gasteiger partial charge in [-0.1, -0.05) is 6.07 Å². The highest BCUT2D eigenvalue weighted by molar-refractivity contribution is 9.10. The molecule has 6 nitrogen and oxygen atoms in total. The second-order valence-electron chi connectivity index (χ2n) is 6.10. The monoisotopic (exact) mass is 456 g/mol. The molecule has 144 valence electrons. The maximum atomic E-state index is 14.2. The summed E-state index contributed by atoms with van der Waals surface area (Å²) in [5, 5.41) is 2.69. The smallest absolute Gasteiger partial charge is 0.255 e. The molecule has 1 saturated heterocycles. The van der Waals surface area contributed by atoms with Crippen molar-refractivity contribution < 1.29 is 22.3 Å². The number of aryl methyl sites for hydroxylation is 1. The van der Waals surface area contributed by atoms with Gasteiger partial charge in [-0.2, -0.15) is 4.31 Å². The summed E-state index contributed by atoms with van der Waals surface area (Å²) in [7, 11) is -4.05. The van der Waals surface area contributed by atoms with Gasteiger partial charge in [-0.3, -0.25) is 4.79 Å². The molecule has 1 N–H and O–H groups in total. The number of carbonyl (C=O) groups excluding carboxylic acids is 1. The van der Waals surface area contributed by atoms with Crippen LogP contribution in [-0.2, 0) is 14.8 Å². The molecule has 0 aromatic heterocycles. The largest absolute Gasteiger partial charge is 0.379 e. The van der Waals surface area contributed by atoms with Crippen molar-refractivity contribution in [2.24, 2.45) is 0 Å². The quantitative estimate of drug-likeness (QED) is 0.766. The second-order valence-corrected chi connectivity index (χ2v) is 8.86. The maximum absolute atomic E-state index is 14.2. The van der Waals surface area contributed by atoms with Gasteiger partial charge in [0.2, 0.25) is 10.0 Å². The molecule has 1 heterocycles. The number of halogens is 2. The Bertz CT molecular complexity index is 975. The number of sulfonamides is 1. The Morgan fingerprint density at radius 2 is 1.89 bits per heavy atom. The predicted molar refractivity (Wildman–Crippen MR) is 103 cm³/mol. The minimum Gasteiger partial charge on any atom is -0.379 e. The molecule has 27 heavy (non-hydrogen) atoms. The van der Waals surface area contributed by atoms with Gasteiger partial charge in [-0.05, 0) is 58.7 Å². The number of nitrogens with one attached hydrogen (secondary N) is 1. The molecule has 3 rings (SSSR count). The molecule has 2 aromatic carbocycles. The van der Waals surface area contributed by atoms with E-state index in [4.69, 9.17) is 4.74 Å². The molecule has 2 aromatic rings. The normalized spacial score (nSPS) is 15.5. The van der Waals surface area contributed by atoms with Gasteiger partial charge in [0.15, 0.2) is 0 Å². The number of amides is 1. The summed E-state index contributed by atoms with van der Waals surface area (Å²) >= 11 is 3.37. The Labute approximate surface area is 165 Å². The minimum atomic E-state index is -4.05. The van der Waals surface area contributed by atoms with Crippen molar-refractivity contribution >= 4 is 37.5 Å². The van der Waals surface area contributed by atoms with Crippen LogP contribution in [0.5, 0.6) is 0 Å². The first-order valence-electron chi connectivity index (χ1n) is 8.24. The number of carbonyl (C=O) groups is 1. The van der Waals surface area contributed by atoms with E-state index in [0.29, 0.717) is 10.2 Å². The fourth-order valence-electron chi connectivity index (χ4n) is 2.68. The molecule has 0 bridgehead atoms. The Balaban J connectivity index is 1.89. The zero-order valence-corrected chi connectivity index (χ0v) is 16.9. The molecule has 0 spiro atoms. The number of nitrogens with zero attached hydrogens (tertiary/aromatic N) is 1. The molecule has 9 heteroatoms. The summed E-state index contributed by atoms with van der Waals surface area (Å²) in [4.78, 5) is 12.0. The highest BCUT2D eigenvalue weighted by Crippen LogP contribution is 2.25. The van der Waals surface area contributed by atoms with Crippen LogP contribution in [0.3, 0.4) is 0 Å². The van der Waals surface area contributed by atoms with Crippen LogP contribution in [0.4, 0.5) is 10.1 Å². The Kier molecular flexibility index (Phi) is 5.95. The van der Waals surface area contributed by atoms with Crippen LogP contribution in [0, 0.1) is 12.7 Å². The van der Waals surface area contributed by atoms with Crippen LogP contribution in [0.2, 0.25) is 0 Å². The number of morpholine rings is 1. The van der Waals surface area contributed by atoms with Gasteiger partial charge in [-0.15, -0.1) is 0 Å². The van der Waals surface area contributed by atoms with Crippen LogP contribution in [0.15, 0.2) is 45.8 Å². The molecule has 1 fully saturated rings. The van der Waals surface area contributed by atoms with E-state index in [1.54, 1.807) is 6.07 Å². The molecule has 0 radical (unpaired) electrons. The number of hydrogen-bond acceptors (Lipinski definition) is 4. The minimum absolute atomic E-state index is 0.0516. The first-order chi connectivity index (χ1) is 12.8. The molecular weight excluding hydrogens is 439 g/mol. The van der Waals surface area contributed by atoms with Gasteiger partial charge in [-0.25, -0.2) is 12.8 Å². The average molecular weight is 457 g/mol. The molecule has 1 aliphatic heterocycles. The molecule has 0 unspecified atom stereocenters. The lowest BCUT2D eigenvalue weighted by Crippen LogP contribution is -2.41. The van der Waals surface area contributed by atoms with E-state index in [1.165, 1.54) is 6.07 Å². The van der Waals surface area contributed by atoms with Crippen LogP contribution in [0.1, 0.15) is 15.9 Å². The lowest BCUT2D eigenvalue weighted by molar-refractivity contribution is 0.0729. The summed E-state index contributed by atoms with van der Waals surface area (Å²) in [6.45, 7) is 2.72. The van der Waals surface area contributed by atoms with Crippen molar-refractivity contribution in [2.45, 2.75) is 11.8 Å². The second kappa shape index (κ2) is 8.05. The van der Waals surface area contributed by atoms with Crippen molar-refractivity contribution in [3.8, 4) is 0 Å². The first kappa shape index (κ1) is 19.9. The topological polar surface area (TPSA) is 75.7 Å². The third-order valence-corrected chi connectivity index (χ3v) is 6.72. The summed E-state index contributed by atoms with van der Waals surface area (Å²) in [5.74, 6) is -1.42. The van der Waals surface area contributed by atoms with E-state index >= 15 is 0 Å². The van der Waals surface area contributed by atoms with E-state index in [-0.39, 0.29) is 31.9 Å². The van der Waals surface area contributed by atoms with Crippen LogP contribution in [0.25, 0.3) is 0 Å². The van der Waals surface area contributed by atoms with E-state index in [0.717, 1.165) is 22.0 Å². The molecule has 0 saturated carbocycles. The highest BCUT2D eigenvalue weighted by atomic mass is 79.9. The number of benzene rings is 2. The standard InChI is InChI=1S/C18H18BrFN2O4S/c1-12-2-5-16(14(19)10-12)21-18(23)13-3-4-15(20)17(11-13)27(24,25)22-6-8-26-9-7-22/h2-5,10-11H,6-9H2,1H3,(H,21,23). The van der Waals surface area contributed by atoms with Crippen molar-refractivity contribution in [2.75, 3.05) is 31.6 Å². The Morgan fingerprint density at radius 1 is 1.19 bits per heavy atom. The van der Waals surface area contributed by atoms with Crippen LogP contribution < -0.4 is 5.32 Å². The van der Waals surface area contributed by atoms with E-state index in [9.17, 15) is 17.6 Å². The average Bonchev–Trinajstić information content (AvgIpc) is 2.65. The number of anilines is 1. The summed E-state index contributed by atoms with van der Waals surface area (Å²) in [5.41, 5.74) is 1.60. The van der Waals surface area contributed by atoms with Crippen LogP contribution in [-0.4, -0.2) is 44.9 Å². The SMILES string of the molecule is Cc1ccc(NC(=O)c2ccc(F)c(S(=O)(=O)N3CCOCC3)c2)c(Br)c1. The molecule has 1 aliphatic rings. The highest BCUT2D eigenvalue weighted by Gasteiger charge is 2.29. The van der Waals surface area contributed by atoms with Gasteiger partial charge in [0.1, 0.15) is 10.7 Å². The van der Waals surface area contributed by atoms with Gasteiger partial charge < -0.3 is 10.1 Å². The van der Waals surface area contributed by atoms with E-state index < -0.39 is 26.6 Å². The van der Waals surface area contributed by atoms with Crippen molar-refractivity contribution in [3.05, 3.63) is 57.8 Å². The number of ether oxygens (including phenoxy) is 1. The van der Waals surface area contributed by atoms with Gasteiger partial charge in [0.05, 0.1) is 18.9 Å². The lowest BCUT2D eigenvalue weighted by Gasteiger charge is -2.26. The van der Waals surface area contributed by atoms with Gasteiger partial charge >= 0.3 is 0 Å². The van der Waals surface area contributed by atoms with Crippen molar-refractivity contribution in [1.29, 1.82) is 0 Å². The molecule has 0 atom stereocenters. The van der Waals surface area contributed by atoms with E-state index in [2.05, 4.69) is 21.2 Å². The zero-order chi connectivity index (χ0) is 19.6. The lowest BCUT2D eigenvalue weighted by atomic mass is 10.2. The summed E-state index contributed by atoms with van der Waals surface area (Å²) < 4.78 is 46.7. The first-order valence-corrected chi connectivity index (χ1v) is 10.5. The molecule has 1 amide bonds. The predicted octanol–water partition coefficient (Wildman–Crippen LogP) is 3.17. The van der Waals surface area contributed by atoms with Crippen LogP contribution >= 0.6 is 15.9 Å².